The minimum Gasteiger partial charge on any atom is -0.399 e. The van der Waals surface area contributed by atoms with Crippen molar-refractivity contribution >= 4 is 39.7 Å². The molecule has 0 amide bonds. The monoisotopic (exact) mass is 361 g/mol. The number of nitrogens with zero attached hydrogens (tertiary/aromatic N) is 1. The highest BCUT2D eigenvalue weighted by Gasteiger charge is 2.03. The van der Waals surface area contributed by atoms with E-state index in [9.17, 15) is 4.79 Å². The molecule has 0 radical (unpaired) electrons. The molecule has 0 aliphatic carbocycles. The van der Waals surface area contributed by atoms with Crippen molar-refractivity contribution in [3.63, 3.8) is 0 Å². The van der Waals surface area contributed by atoms with Gasteiger partial charge in [-0.1, -0.05) is 12.1 Å². The normalized spacial score (nSPS) is 9.00. The second kappa shape index (κ2) is 6.56. The smallest absolute Gasteiger partial charge is 0.264 e. The van der Waals surface area contributed by atoms with Crippen molar-refractivity contribution < 1.29 is 0 Å². The van der Waals surface area contributed by atoms with Crippen LogP contribution in [0.25, 0.3) is 11.1 Å². The number of halogens is 2. The van der Waals surface area contributed by atoms with Crippen molar-refractivity contribution in [2.45, 2.75) is 6.92 Å². The van der Waals surface area contributed by atoms with Crippen LogP contribution in [0, 0.1) is 6.92 Å². The van der Waals surface area contributed by atoms with Gasteiger partial charge >= 0.3 is 0 Å². The van der Waals surface area contributed by atoms with Gasteiger partial charge < -0.3 is 5.73 Å². The van der Waals surface area contributed by atoms with Crippen molar-refractivity contribution in [3.8, 4) is 11.1 Å². The molecule has 0 aliphatic heterocycles. The van der Waals surface area contributed by atoms with Gasteiger partial charge in [-0.25, -0.2) is 5.10 Å². The summed E-state index contributed by atoms with van der Waals surface area (Å²) in [6.07, 6.45) is 0. The Morgan fingerprint density at radius 3 is 2.35 bits per heavy atom. The zero-order valence-corrected chi connectivity index (χ0v) is 12.6. The number of anilines is 1. The Hall–Kier alpha value is -1.14. The summed E-state index contributed by atoms with van der Waals surface area (Å²) in [6.45, 7) is 1.85. The third kappa shape index (κ3) is 3.67. The number of rotatable bonds is 1. The molecule has 6 heteroatoms. The number of nitrogen functional groups attached to an aromatic ring is 1. The number of nitrogens with two attached hydrogens (primary N) is 1. The minimum atomic E-state index is -0.201. The third-order valence-electron chi connectivity index (χ3n) is 2.22. The van der Waals surface area contributed by atoms with Gasteiger partial charge in [-0.15, -0.1) is 34.0 Å². The van der Waals surface area contributed by atoms with Crippen LogP contribution in [0.2, 0.25) is 0 Å². The molecule has 17 heavy (non-hydrogen) atoms. The van der Waals surface area contributed by atoms with E-state index in [1.165, 1.54) is 6.07 Å². The lowest BCUT2D eigenvalue weighted by Crippen LogP contribution is -2.08. The second-order valence-corrected chi connectivity index (χ2v) is 3.35. The van der Waals surface area contributed by atoms with Gasteiger partial charge in [-0.3, -0.25) is 4.79 Å². The van der Waals surface area contributed by atoms with Gasteiger partial charge in [0.25, 0.3) is 5.56 Å². The van der Waals surface area contributed by atoms with Gasteiger partial charge in [0.15, 0.2) is 0 Å². The van der Waals surface area contributed by atoms with Gasteiger partial charge in [0.2, 0.25) is 0 Å². The summed E-state index contributed by atoms with van der Waals surface area (Å²) in [7, 11) is 0. The first-order valence-corrected chi connectivity index (χ1v) is 4.59. The van der Waals surface area contributed by atoms with Crippen LogP contribution in [0.3, 0.4) is 0 Å². The van der Waals surface area contributed by atoms with Gasteiger partial charge in [0.1, 0.15) is 0 Å². The molecule has 0 spiro atoms. The molecule has 0 atom stereocenters. The molecule has 1 heterocycles. The van der Waals surface area contributed by atoms with Crippen molar-refractivity contribution in [2.75, 3.05) is 5.73 Å². The third-order valence-corrected chi connectivity index (χ3v) is 2.22. The van der Waals surface area contributed by atoms with Gasteiger partial charge in [0.05, 0.1) is 5.69 Å². The van der Waals surface area contributed by atoms with E-state index >= 15 is 0 Å². The van der Waals surface area contributed by atoms with Crippen molar-refractivity contribution in [1.29, 1.82) is 0 Å². The number of benzene rings is 1. The summed E-state index contributed by atoms with van der Waals surface area (Å²) in [5.41, 5.74) is 8.66. The summed E-state index contributed by atoms with van der Waals surface area (Å²) in [5, 5.41) is 6.30. The highest BCUT2D eigenvalue weighted by Crippen LogP contribution is 2.20. The molecule has 0 unspecified atom stereocenters. The lowest BCUT2D eigenvalue weighted by Gasteiger charge is -2.03. The second-order valence-electron chi connectivity index (χ2n) is 3.35. The number of hydrogen-bond acceptors (Lipinski definition) is 3. The largest absolute Gasteiger partial charge is 0.399 e. The van der Waals surface area contributed by atoms with Crippen LogP contribution < -0.4 is 11.3 Å². The summed E-state index contributed by atoms with van der Waals surface area (Å²) in [5.74, 6) is 0. The van der Waals surface area contributed by atoms with E-state index in [0.717, 1.165) is 16.8 Å². The van der Waals surface area contributed by atoms with E-state index < -0.39 is 0 Å². The molecule has 0 fully saturated rings. The zero-order chi connectivity index (χ0) is 10.8. The Balaban J connectivity index is 0.00000128. The number of aromatic amines is 1. The van der Waals surface area contributed by atoms with Gasteiger partial charge in [0, 0.05) is 17.3 Å². The van der Waals surface area contributed by atoms with Crippen molar-refractivity contribution in [3.05, 3.63) is 46.4 Å². The molecule has 2 aromatic rings. The van der Waals surface area contributed by atoms with E-state index in [2.05, 4.69) is 10.2 Å². The maximum Gasteiger partial charge on any atom is 0.264 e. The Labute approximate surface area is 120 Å². The number of aryl methyl sites for hydroxylation is 1. The minimum absolute atomic E-state index is 0. The zero-order valence-electron chi connectivity index (χ0n) is 9.14. The molecule has 0 bridgehead atoms. The van der Waals surface area contributed by atoms with Gasteiger partial charge in [-0.05, 0) is 24.6 Å². The van der Waals surface area contributed by atoms with Gasteiger partial charge in [-0.2, -0.15) is 5.10 Å². The van der Waals surface area contributed by atoms with Crippen LogP contribution in [0.5, 0.6) is 0 Å². The fourth-order valence-corrected chi connectivity index (χ4v) is 1.42. The Morgan fingerprint density at radius 1 is 1.18 bits per heavy atom. The highest BCUT2D eigenvalue weighted by molar-refractivity contribution is 8.93. The average molecular weight is 363 g/mol. The predicted octanol–water partition coefficient (Wildman–Crippen LogP) is 2.48. The number of aromatic nitrogens is 2. The maximum absolute atomic E-state index is 11.1. The topological polar surface area (TPSA) is 71.8 Å². The van der Waals surface area contributed by atoms with Crippen LogP contribution in [0.1, 0.15) is 5.69 Å². The molecule has 0 aliphatic rings. The molecule has 92 valence electrons. The molecule has 1 aromatic heterocycles. The lowest BCUT2D eigenvalue weighted by molar-refractivity contribution is 0.949. The maximum atomic E-state index is 11.1. The standard InChI is InChI=1S/C11H11N3O.2BrH/c1-7-10(6-11(15)14-13-7)8-2-4-9(12)5-3-8;;/h2-6H,12H2,1H3,(H,14,15);2*1H. The first kappa shape index (κ1) is 15.9. The van der Waals surface area contributed by atoms with Crippen molar-refractivity contribution in [1.82, 2.24) is 10.2 Å². The Morgan fingerprint density at radius 2 is 1.76 bits per heavy atom. The van der Waals surface area contributed by atoms with E-state index in [1.54, 1.807) is 12.1 Å². The highest BCUT2D eigenvalue weighted by atomic mass is 79.9. The first-order chi connectivity index (χ1) is 7.16. The summed E-state index contributed by atoms with van der Waals surface area (Å²) < 4.78 is 0. The molecule has 0 saturated heterocycles. The molecule has 2 rings (SSSR count). The van der Waals surface area contributed by atoms with E-state index in [-0.39, 0.29) is 39.5 Å². The molecule has 3 N–H and O–H groups in total. The Kier molecular flexibility index (Phi) is 6.12. The van der Waals surface area contributed by atoms with E-state index in [4.69, 9.17) is 5.73 Å². The van der Waals surface area contributed by atoms with Crippen LogP contribution in [0.4, 0.5) is 5.69 Å². The molecular formula is C11H13Br2N3O. The Bertz CT molecular complexity index is 537. The molecule has 1 aromatic carbocycles. The fourth-order valence-electron chi connectivity index (χ4n) is 1.42. The van der Waals surface area contributed by atoms with E-state index in [0.29, 0.717) is 5.69 Å². The van der Waals surface area contributed by atoms with Crippen LogP contribution in [-0.4, -0.2) is 10.2 Å². The van der Waals surface area contributed by atoms with Crippen LogP contribution >= 0.6 is 34.0 Å². The lowest BCUT2D eigenvalue weighted by atomic mass is 10.1. The van der Waals surface area contributed by atoms with E-state index in [1.807, 2.05) is 19.1 Å². The summed E-state index contributed by atoms with van der Waals surface area (Å²) in [6, 6.07) is 8.89. The predicted molar refractivity (Wildman–Crippen MR) is 80.1 cm³/mol. The van der Waals surface area contributed by atoms with Crippen LogP contribution in [-0.2, 0) is 0 Å². The average Bonchev–Trinajstić information content (AvgIpc) is 2.23. The number of H-pyrrole nitrogens is 1. The number of hydrogen-bond donors (Lipinski definition) is 2. The van der Waals surface area contributed by atoms with Crippen LogP contribution in [0.15, 0.2) is 35.1 Å². The van der Waals surface area contributed by atoms with Crippen molar-refractivity contribution in [2.24, 2.45) is 0 Å². The summed E-state index contributed by atoms with van der Waals surface area (Å²) >= 11 is 0. The SMILES string of the molecule is Br.Br.Cc1n[nH]c(=O)cc1-c1ccc(N)cc1. The number of nitrogens with one attached hydrogen (secondary N) is 1. The fraction of sp³-hybridized carbons (Fsp3) is 0.0909. The first-order valence-electron chi connectivity index (χ1n) is 4.59. The molecular weight excluding hydrogens is 350 g/mol. The molecule has 4 nitrogen and oxygen atoms in total. The molecule has 0 saturated carbocycles. The quantitative estimate of drug-likeness (QED) is 0.765. The summed E-state index contributed by atoms with van der Waals surface area (Å²) in [4.78, 5) is 11.1.